The van der Waals surface area contributed by atoms with Crippen LogP contribution in [0.25, 0.3) is 11.8 Å². The largest absolute Gasteiger partial charge is 0.462 e. The third kappa shape index (κ3) is 4.67. The van der Waals surface area contributed by atoms with E-state index < -0.39 is 5.97 Å². The summed E-state index contributed by atoms with van der Waals surface area (Å²) in [6, 6.07) is 1.81. The second-order valence-corrected chi connectivity index (χ2v) is 5.67. The fourth-order valence-corrected chi connectivity index (χ4v) is 3.19. The molecule has 0 radical (unpaired) electrons. The number of ether oxygens (including phenoxy) is 1. The zero-order valence-corrected chi connectivity index (χ0v) is 14.5. The average molecular weight is 355 g/mol. The SMILES string of the molecule is CCOC(=O)/C(C#N)=c1\s/c(=C/N(CCO)CCO)c(=O)n1CC. The first kappa shape index (κ1) is 19.9. The number of aliphatic hydroxyl groups is 2. The summed E-state index contributed by atoms with van der Waals surface area (Å²) in [6.45, 7) is 4.05. The van der Waals surface area contributed by atoms with Gasteiger partial charge in [-0.1, -0.05) is 0 Å². The summed E-state index contributed by atoms with van der Waals surface area (Å²) in [7, 11) is 0. The Labute approximate surface area is 143 Å². The number of aromatic nitrogens is 1. The van der Waals surface area contributed by atoms with Crippen molar-refractivity contribution in [1.82, 2.24) is 9.47 Å². The highest BCUT2D eigenvalue weighted by Gasteiger charge is 2.16. The average Bonchev–Trinajstić information content (AvgIpc) is 2.85. The Bertz CT molecular complexity index is 769. The first-order valence-electron chi connectivity index (χ1n) is 7.52. The van der Waals surface area contributed by atoms with Crippen LogP contribution in [-0.4, -0.2) is 58.6 Å². The summed E-state index contributed by atoms with van der Waals surface area (Å²) >= 11 is 1.01. The van der Waals surface area contributed by atoms with Gasteiger partial charge in [0.25, 0.3) is 5.56 Å². The third-order valence-corrected chi connectivity index (χ3v) is 4.22. The van der Waals surface area contributed by atoms with Crippen LogP contribution in [0.5, 0.6) is 0 Å². The van der Waals surface area contributed by atoms with E-state index in [1.54, 1.807) is 18.7 Å². The fourth-order valence-electron chi connectivity index (χ4n) is 2.03. The topological polar surface area (TPSA) is 116 Å². The molecule has 1 aromatic heterocycles. The molecular weight excluding hydrogens is 334 g/mol. The number of aliphatic hydroxyl groups excluding tert-OH is 2. The van der Waals surface area contributed by atoms with Gasteiger partial charge in [0.1, 0.15) is 15.3 Å². The molecule has 0 spiro atoms. The number of nitrogens with zero attached hydrogens (tertiary/aromatic N) is 3. The predicted octanol–water partition coefficient (Wildman–Crippen LogP) is -1.81. The molecule has 0 aliphatic rings. The van der Waals surface area contributed by atoms with Crippen molar-refractivity contribution in [2.24, 2.45) is 0 Å². The lowest BCUT2D eigenvalue weighted by atomic mass is 10.3. The highest BCUT2D eigenvalue weighted by atomic mass is 32.1. The van der Waals surface area contributed by atoms with E-state index in [2.05, 4.69) is 0 Å². The minimum Gasteiger partial charge on any atom is -0.462 e. The second-order valence-electron chi connectivity index (χ2n) is 4.64. The number of hydrogen-bond acceptors (Lipinski definition) is 8. The van der Waals surface area contributed by atoms with Crippen molar-refractivity contribution < 1.29 is 19.7 Å². The van der Waals surface area contributed by atoms with Gasteiger partial charge in [-0.2, -0.15) is 5.26 Å². The molecule has 1 rings (SSSR count). The molecule has 0 bridgehead atoms. The Hall–Kier alpha value is -2.15. The van der Waals surface area contributed by atoms with E-state index in [-0.39, 0.29) is 48.7 Å². The molecule has 0 fully saturated rings. The molecule has 0 unspecified atom stereocenters. The van der Waals surface area contributed by atoms with Gasteiger partial charge in [0.15, 0.2) is 5.57 Å². The first-order valence-corrected chi connectivity index (χ1v) is 8.34. The number of carbonyl (C=O) groups excluding carboxylic acids is 1. The van der Waals surface area contributed by atoms with Gasteiger partial charge in [0.05, 0.1) is 19.8 Å². The van der Waals surface area contributed by atoms with Gasteiger partial charge in [-0.05, 0) is 13.8 Å². The van der Waals surface area contributed by atoms with E-state index >= 15 is 0 Å². The maximum atomic E-state index is 12.5. The van der Waals surface area contributed by atoms with Crippen LogP contribution in [0.1, 0.15) is 13.8 Å². The van der Waals surface area contributed by atoms with Gasteiger partial charge in [-0.3, -0.25) is 9.36 Å². The summed E-state index contributed by atoms with van der Waals surface area (Å²) in [5.74, 6) is -0.766. The Morgan fingerprint density at radius 2 is 2.00 bits per heavy atom. The molecule has 0 atom stereocenters. The zero-order valence-electron chi connectivity index (χ0n) is 13.7. The summed E-state index contributed by atoms with van der Waals surface area (Å²) in [4.78, 5) is 26.0. The number of rotatable bonds is 8. The quantitative estimate of drug-likeness (QED) is 0.528. The Balaban J connectivity index is 3.59. The Morgan fingerprint density at radius 3 is 2.46 bits per heavy atom. The van der Waals surface area contributed by atoms with Gasteiger partial charge >= 0.3 is 5.97 Å². The lowest BCUT2D eigenvalue weighted by Crippen LogP contribution is -2.34. The number of esters is 1. The van der Waals surface area contributed by atoms with Crippen LogP contribution < -0.4 is 14.8 Å². The molecule has 0 saturated heterocycles. The fraction of sp³-hybridized carbons (Fsp3) is 0.533. The monoisotopic (exact) mass is 355 g/mol. The van der Waals surface area contributed by atoms with Crippen molar-refractivity contribution in [2.45, 2.75) is 20.4 Å². The van der Waals surface area contributed by atoms with E-state index in [4.69, 9.17) is 14.9 Å². The minimum atomic E-state index is -0.766. The molecule has 132 valence electrons. The second kappa shape index (κ2) is 9.87. The van der Waals surface area contributed by atoms with Crippen molar-refractivity contribution in [1.29, 1.82) is 5.26 Å². The predicted molar refractivity (Wildman–Crippen MR) is 89.4 cm³/mol. The van der Waals surface area contributed by atoms with E-state index in [0.717, 1.165) is 11.3 Å². The van der Waals surface area contributed by atoms with Gasteiger partial charge in [-0.25, -0.2) is 4.79 Å². The zero-order chi connectivity index (χ0) is 18.1. The van der Waals surface area contributed by atoms with Crippen LogP contribution in [-0.2, 0) is 16.1 Å². The first-order chi connectivity index (χ1) is 11.5. The summed E-state index contributed by atoms with van der Waals surface area (Å²) in [5, 5.41) is 27.3. The van der Waals surface area contributed by atoms with E-state index in [1.165, 1.54) is 10.8 Å². The smallest absolute Gasteiger partial charge is 0.351 e. The molecule has 0 saturated carbocycles. The van der Waals surface area contributed by atoms with Crippen molar-refractivity contribution in [2.75, 3.05) is 32.9 Å². The van der Waals surface area contributed by atoms with Crippen molar-refractivity contribution >= 4 is 29.1 Å². The Morgan fingerprint density at radius 1 is 1.38 bits per heavy atom. The lowest BCUT2D eigenvalue weighted by Gasteiger charge is -2.16. The number of nitriles is 1. The van der Waals surface area contributed by atoms with Crippen LogP contribution in [0.3, 0.4) is 0 Å². The molecule has 2 N–H and O–H groups in total. The van der Waals surface area contributed by atoms with E-state index in [1.807, 2.05) is 6.07 Å². The molecule has 24 heavy (non-hydrogen) atoms. The van der Waals surface area contributed by atoms with E-state index in [0.29, 0.717) is 11.1 Å². The van der Waals surface area contributed by atoms with Crippen molar-refractivity contribution in [3.8, 4) is 6.07 Å². The van der Waals surface area contributed by atoms with Crippen LogP contribution in [0.4, 0.5) is 0 Å². The molecule has 1 heterocycles. The normalized spacial score (nSPS) is 12.7. The Kier molecular flexibility index (Phi) is 8.18. The van der Waals surface area contributed by atoms with Gasteiger partial charge in [0.2, 0.25) is 0 Å². The minimum absolute atomic E-state index is 0.130. The molecular formula is C15H21N3O5S. The van der Waals surface area contributed by atoms with Crippen LogP contribution in [0, 0.1) is 11.3 Å². The van der Waals surface area contributed by atoms with Gasteiger partial charge in [-0.15, -0.1) is 11.3 Å². The van der Waals surface area contributed by atoms with E-state index in [9.17, 15) is 14.9 Å². The van der Waals surface area contributed by atoms with Gasteiger partial charge < -0.3 is 19.8 Å². The molecule has 0 amide bonds. The molecule has 1 aromatic rings. The standard InChI is InChI=1S/C15H21N3O5S/c1-3-18-13(21)12(10-17(5-7-19)6-8-20)24-14(18)11(9-16)15(22)23-4-2/h10,19-20H,3-8H2,1-2H3/b12-10+,14-11-. The highest BCUT2D eigenvalue weighted by Crippen LogP contribution is 1.97. The number of carbonyl (C=O) groups is 1. The highest BCUT2D eigenvalue weighted by molar-refractivity contribution is 7.07. The summed E-state index contributed by atoms with van der Waals surface area (Å²) in [5.41, 5.74) is -0.549. The molecule has 0 aromatic carbocycles. The molecule has 9 heteroatoms. The van der Waals surface area contributed by atoms with Gasteiger partial charge in [0, 0.05) is 25.8 Å². The molecule has 0 aliphatic heterocycles. The van der Waals surface area contributed by atoms with Crippen molar-refractivity contribution in [3.05, 3.63) is 19.5 Å². The maximum absolute atomic E-state index is 12.5. The van der Waals surface area contributed by atoms with Crippen molar-refractivity contribution in [3.63, 3.8) is 0 Å². The lowest BCUT2D eigenvalue weighted by molar-refractivity contribution is -0.136. The van der Waals surface area contributed by atoms with Crippen LogP contribution in [0.2, 0.25) is 0 Å². The maximum Gasteiger partial charge on any atom is 0.351 e. The summed E-state index contributed by atoms with van der Waals surface area (Å²) in [6.07, 6.45) is 1.52. The number of thiazole rings is 1. The molecule has 8 nitrogen and oxygen atoms in total. The van der Waals surface area contributed by atoms with Crippen LogP contribution >= 0.6 is 11.3 Å². The molecule has 0 aliphatic carbocycles. The van der Waals surface area contributed by atoms with Crippen LogP contribution in [0.15, 0.2) is 4.79 Å². The third-order valence-electron chi connectivity index (χ3n) is 3.10. The number of hydrogen-bond donors (Lipinski definition) is 2. The summed E-state index contributed by atoms with van der Waals surface area (Å²) < 4.78 is 6.75.